The van der Waals surface area contributed by atoms with Crippen LogP contribution >= 0.6 is 0 Å². The van der Waals surface area contributed by atoms with Gasteiger partial charge in [-0.2, -0.15) is 4.98 Å². The van der Waals surface area contributed by atoms with E-state index >= 15 is 0 Å². The highest BCUT2D eigenvalue weighted by molar-refractivity contribution is 6.06. The molecule has 2 aromatic carbocycles. The Morgan fingerprint density at radius 3 is 2.67 bits per heavy atom. The average Bonchev–Trinajstić information content (AvgIpc) is 3.33. The molecule has 2 aromatic heterocycles. The number of aromatic nitrogens is 3. The number of halogens is 1. The molecule has 1 saturated heterocycles. The second kappa shape index (κ2) is 9.36. The largest absolute Gasteiger partial charge is 0.371 e. The molecular formula is C25H24FN5O2. The van der Waals surface area contributed by atoms with Gasteiger partial charge in [0.2, 0.25) is 17.6 Å². The minimum absolute atomic E-state index is 0.146. The maximum absolute atomic E-state index is 13.1. The zero-order valence-electron chi connectivity index (χ0n) is 18.1. The van der Waals surface area contributed by atoms with Crippen molar-refractivity contribution in [3.8, 4) is 11.4 Å². The smallest absolute Gasteiger partial charge is 0.227 e. The van der Waals surface area contributed by atoms with Crippen LogP contribution in [0, 0.1) is 5.82 Å². The number of carbonyl (C=O) groups is 1. The highest BCUT2D eigenvalue weighted by atomic mass is 19.1. The fourth-order valence-electron chi connectivity index (χ4n) is 4.20. The van der Waals surface area contributed by atoms with Crippen LogP contribution in [0.15, 0.2) is 59.4 Å². The van der Waals surface area contributed by atoms with Crippen molar-refractivity contribution in [1.29, 1.82) is 0 Å². The highest BCUT2D eigenvalue weighted by Crippen LogP contribution is 2.33. The summed E-state index contributed by atoms with van der Waals surface area (Å²) in [6.07, 6.45) is 7.76. The van der Waals surface area contributed by atoms with Crippen LogP contribution in [0.3, 0.4) is 0 Å². The third-order valence-electron chi connectivity index (χ3n) is 5.90. The van der Waals surface area contributed by atoms with Crippen LogP contribution in [0.5, 0.6) is 0 Å². The van der Waals surface area contributed by atoms with Crippen LogP contribution in [0.25, 0.3) is 22.2 Å². The summed E-state index contributed by atoms with van der Waals surface area (Å²) in [5, 5.41) is 8.93. The Labute approximate surface area is 190 Å². The van der Waals surface area contributed by atoms with E-state index in [1.165, 1.54) is 37.1 Å². The molecule has 1 aliphatic rings. The van der Waals surface area contributed by atoms with Crippen LogP contribution in [0.4, 0.5) is 15.8 Å². The molecular weight excluding hydrogens is 421 g/mol. The van der Waals surface area contributed by atoms with Crippen LogP contribution in [-0.2, 0) is 11.2 Å². The maximum atomic E-state index is 13.1. The zero-order chi connectivity index (χ0) is 22.6. The van der Waals surface area contributed by atoms with Gasteiger partial charge in [0.1, 0.15) is 5.82 Å². The molecule has 33 heavy (non-hydrogen) atoms. The van der Waals surface area contributed by atoms with Gasteiger partial charge in [0, 0.05) is 60.3 Å². The van der Waals surface area contributed by atoms with E-state index in [9.17, 15) is 9.18 Å². The van der Waals surface area contributed by atoms with Crippen molar-refractivity contribution < 1.29 is 13.7 Å². The molecule has 7 nitrogen and oxygen atoms in total. The van der Waals surface area contributed by atoms with Gasteiger partial charge in [-0.25, -0.2) is 4.39 Å². The SMILES string of the molecule is O=C(CCc1nc(-c2ccc(F)cc2)no1)Nc1ccc(N2CCCCC2)c2ccncc12. The molecule has 1 fully saturated rings. The van der Waals surface area contributed by atoms with Gasteiger partial charge in [0.15, 0.2) is 0 Å². The third kappa shape index (κ3) is 4.69. The molecule has 4 aromatic rings. The van der Waals surface area contributed by atoms with E-state index in [1.54, 1.807) is 24.5 Å². The predicted molar refractivity (Wildman–Crippen MR) is 124 cm³/mol. The highest BCUT2D eigenvalue weighted by Gasteiger charge is 2.16. The van der Waals surface area contributed by atoms with Crippen LogP contribution in [0.1, 0.15) is 31.6 Å². The Morgan fingerprint density at radius 2 is 1.85 bits per heavy atom. The van der Waals surface area contributed by atoms with Crippen molar-refractivity contribution >= 4 is 28.1 Å². The van der Waals surface area contributed by atoms with Gasteiger partial charge in [-0.1, -0.05) is 5.16 Å². The lowest BCUT2D eigenvalue weighted by Gasteiger charge is -2.30. The number of fused-ring (bicyclic) bond motifs is 1. The molecule has 0 unspecified atom stereocenters. The molecule has 3 heterocycles. The van der Waals surface area contributed by atoms with Crippen molar-refractivity contribution in [2.75, 3.05) is 23.3 Å². The molecule has 1 aliphatic heterocycles. The summed E-state index contributed by atoms with van der Waals surface area (Å²) in [6, 6.07) is 11.9. The van der Waals surface area contributed by atoms with Gasteiger partial charge in [-0.05, 0) is 61.7 Å². The lowest BCUT2D eigenvalue weighted by molar-refractivity contribution is -0.116. The van der Waals surface area contributed by atoms with E-state index in [4.69, 9.17) is 4.52 Å². The van der Waals surface area contributed by atoms with Gasteiger partial charge < -0.3 is 14.7 Å². The lowest BCUT2D eigenvalue weighted by Crippen LogP contribution is -2.29. The van der Waals surface area contributed by atoms with E-state index in [0.717, 1.165) is 29.5 Å². The number of aryl methyl sites for hydroxylation is 1. The van der Waals surface area contributed by atoms with Crippen LogP contribution in [0.2, 0.25) is 0 Å². The number of rotatable bonds is 6. The fraction of sp³-hybridized carbons (Fsp3) is 0.280. The summed E-state index contributed by atoms with van der Waals surface area (Å²) in [6.45, 7) is 2.10. The first-order chi connectivity index (χ1) is 16.2. The van der Waals surface area contributed by atoms with Crippen molar-refractivity contribution in [2.24, 2.45) is 0 Å². The number of piperidine rings is 1. The van der Waals surface area contributed by atoms with Crippen LogP contribution < -0.4 is 10.2 Å². The van der Waals surface area contributed by atoms with Gasteiger partial charge in [0.25, 0.3) is 0 Å². The summed E-state index contributed by atoms with van der Waals surface area (Å²) in [5.41, 5.74) is 2.58. The van der Waals surface area contributed by atoms with E-state index in [0.29, 0.717) is 23.7 Å². The average molecular weight is 445 g/mol. The normalized spacial score (nSPS) is 13.9. The Kier molecular flexibility index (Phi) is 5.97. The Hall–Kier alpha value is -3.81. The molecule has 0 radical (unpaired) electrons. The van der Waals surface area contributed by atoms with E-state index in [2.05, 4.69) is 31.4 Å². The molecule has 168 valence electrons. The number of nitrogens with one attached hydrogen (secondary N) is 1. The number of anilines is 2. The van der Waals surface area contributed by atoms with Gasteiger partial charge in [0.05, 0.1) is 5.69 Å². The molecule has 1 N–H and O–H groups in total. The first kappa shape index (κ1) is 21.1. The van der Waals surface area contributed by atoms with E-state index < -0.39 is 0 Å². The molecule has 0 spiro atoms. The zero-order valence-corrected chi connectivity index (χ0v) is 18.1. The molecule has 0 bridgehead atoms. The standard InChI is InChI=1S/C25H24FN5O2/c26-18-6-4-17(5-7-18)25-29-24(33-30-25)11-10-23(32)28-21-8-9-22(31-14-2-1-3-15-31)19-12-13-27-16-20(19)21/h4-9,12-13,16H,1-3,10-11,14-15H2,(H,28,32). The number of amides is 1. The topological polar surface area (TPSA) is 84.1 Å². The van der Waals surface area contributed by atoms with Crippen LogP contribution in [-0.4, -0.2) is 34.1 Å². The van der Waals surface area contributed by atoms with Crippen molar-refractivity contribution in [3.63, 3.8) is 0 Å². The quantitative estimate of drug-likeness (QED) is 0.450. The number of hydrogen-bond donors (Lipinski definition) is 1. The molecule has 0 atom stereocenters. The predicted octanol–water partition coefficient (Wildman–Crippen LogP) is 4.99. The first-order valence-corrected chi connectivity index (χ1v) is 11.2. The van der Waals surface area contributed by atoms with Gasteiger partial charge in [-0.15, -0.1) is 0 Å². The summed E-state index contributed by atoms with van der Waals surface area (Å²) in [5.74, 6) is 0.255. The minimum Gasteiger partial charge on any atom is -0.371 e. The third-order valence-corrected chi connectivity index (χ3v) is 5.90. The second-order valence-corrected chi connectivity index (χ2v) is 8.17. The molecule has 8 heteroatoms. The summed E-state index contributed by atoms with van der Waals surface area (Å²) in [4.78, 5) is 23.6. The number of hydrogen-bond acceptors (Lipinski definition) is 6. The van der Waals surface area contributed by atoms with Gasteiger partial charge >= 0.3 is 0 Å². The summed E-state index contributed by atoms with van der Waals surface area (Å²) >= 11 is 0. The Balaban J connectivity index is 1.26. The minimum atomic E-state index is -0.328. The number of benzene rings is 2. The molecule has 0 aliphatic carbocycles. The number of nitrogens with zero attached hydrogens (tertiary/aromatic N) is 4. The number of pyridine rings is 1. The monoisotopic (exact) mass is 445 g/mol. The Bertz CT molecular complexity index is 1270. The number of carbonyl (C=O) groups excluding carboxylic acids is 1. The Morgan fingerprint density at radius 1 is 1.03 bits per heavy atom. The maximum Gasteiger partial charge on any atom is 0.227 e. The molecule has 1 amide bonds. The fourth-order valence-corrected chi connectivity index (χ4v) is 4.20. The van der Waals surface area contributed by atoms with E-state index in [1.807, 2.05) is 12.1 Å². The lowest BCUT2D eigenvalue weighted by atomic mass is 10.0. The van der Waals surface area contributed by atoms with Crippen molar-refractivity contribution in [3.05, 3.63) is 66.6 Å². The van der Waals surface area contributed by atoms with Gasteiger partial charge in [-0.3, -0.25) is 9.78 Å². The molecule has 0 saturated carbocycles. The second-order valence-electron chi connectivity index (χ2n) is 8.17. The van der Waals surface area contributed by atoms with Crippen molar-refractivity contribution in [2.45, 2.75) is 32.1 Å². The molecule has 5 rings (SSSR count). The summed E-state index contributed by atoms with van der Waals surface area (Å²) < 4.78 is 18.3. The summed E-state index contributed by atoms with van der Waals surface area (Å²) in [7, 11) is 0. The first-order valence-electron chi connectivity index (χ1n) is 11.2. The van der Waals surface area contributed by atoms with E-state index in [-0.39, 0.29) is 18.1 Å². The van der Waals surface area contributed by atoms with Crippen molar-refractivity contribution in [1.82, 2.24) is 15.1 Å².